The van der Waals surface area contributed by atoms with Crippen LogP contribution in [0, 0.1) is 17.8 Å². The fourth-order valence-corrected chi connectivity index (χ4v) is 2.54. The normalized spacial score (nSPS) is 17.6. The lowest BCUT2D eigenvalue weighted by molar-refractivity contribution is 0.257. The second-order valence-electron chi connectivity index (χ2n) is 6.31. The molecule has 0 aliphatic heterocycles. The highest BCUT2D eigenvalue weighted by molar-refractivity contribution is 4.97. The standard InChI is InChI=1S/C18H36/c1-7-9-12-15(3)13-10-11-14-17(5)18(6)16(4)8-2/h13,16-18H,7-12,14H2,1-6H3. The lowest BCUT2D eigenvalue weighted by atomic mass is 9.81. The molecular weight excluding hydrogens is 216 g/mol. The minimum absolute atomic E-state index is 0.875. The number of hydrogen-bond acceptors (Lipinski definition) is 0. The van der Waals surface area contributed by atoms with Crippen molar-refractivity contribution in [1.82, 2.24) is 0 Å². The summed E-state index contributed by atoms with van der Waals surface area (Å²) >= 11 is 0. The Bertz CT molecular complexity index is 214. The molecule has 108 valence electrons. The lowest BCUT2D eigenvalue weighted by Gasteiger charge is -2.25. The molecule has 0 N–H and O–H groups in total. The highest BCUT2D eigenvalue weighted by Gasteiger charge is 2.16. The fraction of sp³-hybridized carbons (Fsp3) is 0.889. The zero-order valence-electron chi connectivity index (χ0n) is 13.8. The summed E-state index contributed by atoms with van der Waals surface area (Å²) in [6.07, 6.45) is 11.8. The van der Waals surface area contributed by atoms with Gasteiger partial charge in [-0.1, -0.05) is 65.5 Å². The maximum Gasteiger partial charge on any atom is -0.0323 e. The Balaban J connectivity index is 3.77. The van der Waals surface area contributed by atoms with Crippen molar-refractivity contribution in [1.29, 1.82) is 0 Å². The minimum Gasteiger partial charge on any atom is -0.0856 e. The molecule has 0 nitrogen and oxygen atoms in total. The van der Waals surface area contributed by atoms with Crippen molar-refractivity contribution in [2.75, 3.05) is 0 Å². The van der Waals surface area contributed by atoms with E-state index in [4.69, 9.17) is 0 Å². The van der Waals surface area contributed by atoms with E-state index in [0.29, 0.717) is 0 Å². The van der Waals surface area contributed by atoms with Crippen LogP contribution >= 0.6 is 0 Å². The Hall–Kier alpha value is -0.260. The predicted octanol–water partition coefficient (Wildman–Crippen LogP) is 6.61. The highest BCUT2D eigenvalue weighted by Crippen LogP contribution is 2.26. The average Bonchev–Trinajstić information content (AvgIpc) is 2.39. The van der Waals surface area contributed by atoms with Gasteiger partial charge in [0, 0.05) is 0 Å². The zero-order chi connectivity index (χ0) is 14.0. The molecule has 0 rings (SSSR count). The number of hydrogen-bond donors (Lipinski definition) is 0. The van der Waals surface area contributed by atoms with Gasteiger partial charge in [-0.3, -0.25) is 0 Å². The second-order valence-corrected chi connectivity index (χ2v) is 6.31. The van der Waals surface area contributed by atoms with E-state index in [2.05, 4.69) is 47.6 Å². The SMILES string of the molecule is CCCCC(C)=CCCCC(C)C(C)C(C)CC. The Morgan fingerprint density at radius 3 is 2.22 bits per heavy atom. The van der Waals surface area contributed by atoms with Gasteiger partial charge in [0.15, 0.2) is 0 Å². The van der Waals surface area contributed by atoms with Gasteiger partial charge < -0.3 is 0 Å². The van der Waals surface area contributed by atoms with E-state index < -0.39 is 0 Å². The van der Waals surface area contributed by atoms with Crippen molar-refractivity contribution >= 4 is 0 Å². The van der Waals surface area contributed by atoms with Gasteiger partial charge in [0.2, 0.25) is 0 Å². The lowest BCUT2D eigenvalue weighted by Crippen LogP contribution is -2.15. The first-order valence-electron chi connectivity index (χ1n) is 8.18. The van der Waals surface area contributed by atoms with Crippen molar-refractivity contribution in [2.24, 2.45) is 17.8 Å². The van der Waals surface area contributed by atoms with E-state index >= 15 is 0 Å². The Labute approximate surface area is 116 Å². The van der Waals surface area contributed by atoms with Crippen LogP contribution in [0.15, 0.2) is 11.6 Å². The summed E-state index contributed by atoms with van der Waals surface area (Å²) in [4.78, 5) is 0. The topological polar surface area (TPSA) is 0 Å². The smallest absolute Gasteiger partial charge is 0.0323 e. The molecule has 0 aliphatic carbocycles. The largest absolute Gasteiger partial charge is 0.0856 e. The monoisotopic (exact) mass is 252 g/mol. The predicted molar refractivity (Wildman–Crippen MR) is 84.9 cm³/mol. The van der Waals surface area contributed by atoms with Crippen LogP contribution in [0.25, 0.3) is 0 Å². The molecule has 0 aromatic carbocycles. The molecule has 0 spiro atoms. The highest BCUT2D eigenvalue weighted by atomic mass is 14.2. The molecule has 0 aromatic rings. The molecular formula is C18H36. The van der Waals surface area contributed by atoms with Crippen LogP contribution in [0.5, 0.6) is 0 Å². The molecule has 0 amide bonds. The van der Waals surface area contributed by atoms with Crippen LogP contribution in [0.3, 0.4) is 0 Å². The van der Waals surface area contributed by atoms with Gasteiger partial charge in [-0.05, 0) is 50.4 Å². The summed E-state index contributed by atoms with van der Waals surface area (Å²) in [5.41, 5.74) is 1.60. The van der Waals surface area contributed by atoms with E-state index in [1.54, 1.807) is 5.57 Å². The van der Waals surface area contributed by atoms with Gasteiger partial charge in [-0.15, -0.1) is 0 Å². The quantitative estimate of drug-likeness (QED) is 0.303. The first-order valence-corrected chi connectivity index (χ1v) is 8.18. The molecule has 0 aromatic heterocycles. The molecule has 0 heteroatoms. The van der Waals surface area contributed by atoms with E-state index in [1.165, 1.54) is 44.9 Å². The van der Waals surface area contributed by atoms with Crippen LogP contribution in [-0.2, 0) is 0 Å². The summed E-state index contributed by atoms with van der Waals surface area (Å²) in [5, 5.41) is 0. The van der Waals surface area contributed by atoms with Crippen LogP contribution < -0.4 is 0 Å². The van der Waals surface area contributed by atoms with Gasteiger partial charge in [0.05, 0.1) is 0 Å². The van der Waals surface area contributed by atoms with Crippen LogP contribution in [0.4, 0.5) is 0 Å². The maximum atomic E-state index is 2.47. The first kappa shape index (κ1) is 17.7. The summed E-state index contributed by atoms with van der Waals surface area (Å²) in [7, 11) is 0. The van der Waals surface area contributed by atoms with Crippen molar-refractivity contribution in [2.45, 2.75) is 86.5 Å². The fourth-order valence-electron chi connectivity index (χ4n) is 2.54. The van der Waals surface area contributed by atoms with Gasteiger partial charge in [-0.2, -0.15) is 0 Å². The van der Waals surface area contributed by atoms with Gasteiger partial charge in [0.1, 0.15) is 0 Å². The van der Waals surface area contributed by atoms with Gasteiger partial charge in [0.25, 0.3) is 0 Å². The molecule has 0 saturated heterocycles. The Morgan fingerprint density at radius 1 is 1.00 bits per heavy atom. The van der Waals surface area contributed by atoms with Crippen LogP contribution in [0.2, 0.25) is 0 Å². The number of unbranched alkanes of at least 4 members (excludes halogenated alkanes) is 2. The van der Waals surface area contributed by atoms with E-state index in [1.807, 2.05) is 0 Å². The number of rotatable bonds is 10. The molecule has 0 bridgehead atoms. The summed E-state index contributed by atoms with van der Waals surface area (Å²) in [6.45, 7) is 14.1. The Morgan fingerprint density at radius 2 is 1.67 bits per heavy atom. The average molecular weight is 252 g/mol. The van der Waals surface area contributed by atoms with Crippen molar-refractivity contribution in [3.63, 3.8) is 0 Å². The molecule has 0 radical (unpaired) electrons. The van der Waals surface area contributed by atoms with Crippen molar-refractivity contribution in [3.8, 4) is 0 Å². The van der Waals surface area contributed by atoms with E-state index in [9.17, 15) is 0 Å². The summed E-state index contributed by atoms with van der Waals surface area (Å²) in [6, 6.07) is 0. The number of allylic oxidation sites excluding steroid dienone is 2. The third-order valence-corrected chi connectivity index (χ3v) is 4.72. The molecule has 0 aliphatic rings. The Kier molecular flexibility index (Phi) is 10.5. The summed E-state index contributed by atoms with van der Waals surface area (Å²) < 4.78 is 0. The zero-order valence-corrected chi connectivity index (χ0v) is 13.8. The molecule has 0 fully saturated rings. The molecule has 0 heterocycles. The minimum atomic E-state index is 0.875. The molecule has 0 saturated carbocycles. The third kappa shape index (κ3) is 7.95. The van der Waals surface area contributed by atoms with Crippen LogP contribution in [-0.4, -0.2) is 0 Å². The van der Waals surface area contributed by atoms with Gasteiger partial charge in [-0.25, -0.2) is 0 Å². The molecule has 18 heavy (non-hydrogen) atoms. The first-order chi connectivity index (χ1) is 8.52. The van der Waals surface area contributed by atoms with Crippen LogP contribution in [0.1, 0.15) is 86.5 Å². The maximum absolute atomic E-state index is 2.47. The van der Waals surface area contributed by atoms with Crippen molar-refractivity contribution < 1.29 is 0 Å². The third-order valence-electron chi connectivity index (χ3n) is 4.72. The molecule has 3 atom stereocenters. The second kappa shape index (κ2) is 10.6. The van der Waals surface area contributed by atoms with Gasteiger partial charge >= 0.3 is 0 Å². The van der Waals surface area contributed by atoms with Crippen molar-refractivity contribution in [3.05, 3.63) is 11.6 Å². The van der Waals surface area contributed by atoms with E-state index in [-0.39, 0.29) is 0 Å². The molecule has 3 unspecified atom stereocenters. The summed E-state index contributed by atoms with van der Waals surface area (Å²) in [5.74, 6) is 2.63. The van der Waals surface area contributed by atoms with E-state index in [0.717, 1.165) is 17.8 Å².